The van der Waals surface area contributed by atoms with Crippen LogP contribution in [0.2, 0.25) is 0 Å². The number of hydrogen-bond donors (Lipinski definition) is 2. The lowest BCUT2D eigenvalue weighted by Gasteiger charge is -2.11. The lowest BCUT2D eigenvalue weighted by Crippen LogP contribution is -2.08. The molecule has 2 N–H and O–H groups in total. The van der Waals surface area contributed by atoms with Crippen LogP contribution < -0.4 is 10.6 Å². The van der Waals surface area contributed by atoms with Crippen LogP contribution in [0.25, 0.3) is 5.65 Å². The number of anilines is 3. The van der Waals surface area contributed by atoms with Crippen molar-refractivity contribution in [3.63, 3.8) is 0 Å². The van der Waals surface area contributed by atoms with Crippen molar-refractivity contribution in [2.75, 3.05) is 24.3 Å². The molecule has 1 aliphatic heterocycles. The van der Waals surface area contributed by atoms with Gasteiger partial charge in [-0.05, 0) is 6.42 Å². The first-order valence-electron chi connectivity index (χ1n) is 8.00. The number of nitrogens with zero attached hydrogens (tertiary/aromatic N) is 5. The molecule has 3 aromatic heterocycles. The van der Waals surface area contributed by atoms with Crippen LogP contribution >= 0.6 is 0 Å². The highest BCUT2D eigenvalue weighted by atomic mass is 16.5. The molecule has 0 fully saturated rings. The number of Topliss-reactive ketones (excluding diaryl/α,β-unsaturated/α-hetero) is 1. The van der Waals surface area contributed by atoms with Gasteiger partial charge in [-0.3, -0.25) is 9.78 Å². The van der Waals surface area contributed by atoms with Crippen LogP contribution in [-0.2, 0) is 11.3 Å². The molecule has 128 valence electrons. The van der Waals surface area contributed by atoms with Crippen LogP contribution in [0.5, 0.6) is 0 Å². The van der Waals surface area contributed by atoms with Gasteiger partial charge in [0.15, 0.2) is 11.4 Å². The fraction of sp³-hybridized carbons (Fsp3) is 0.312. The number of ketones is 1. The van der Waals surface area contributed by atoms with Gasteiger partial charge < -0.3 is 15.4 Å². The maximum Gasteiger partial charge on any atom is 0.170 e. The molecule has 0 atom stereocenters. The number of aromatic nitrogens is 5. The predicted octanol–water partition coefficient (Wildman–Crippen LogP) is 1.80. The van der Waals surface area contributed by atoms with E-state index in [-0.39, 0.29) is 5.78 Å². The lowest BCUT2D eigenvalue weighted by atomic mass is 10.1. The van der Waals surface area contributed by atoms with Gasteiger partial charge in [0.05, 0.1) is 36.5 Å². The highest BCUT2D eigenvalue weighted by molar-refractivity contribution is 6.01. The largest absolute Gasteiger partial charge is 0.375 e. The third-order valence-corrected chi connectivity index (χ3v) is 3.91. The Morgan fingerprint density at radius 1 is 1.24 bits per heavy atom. The minimum Gasteiger partial charge on any atom is -0.375 e. The van der Waals surface area contributed by atoms with Crippen LogP contribution in [0.15, 0.2) is 24.7 Å². The topological polar surface area (TPSA) is 106 Å². The molecule has 0 spiro atoms. The van der Waals surface area contributed by atoms with Crippen molar-refractivity contribution in [1.82, 2.24) is 24.6 Å². The molecule has 4 bridgehead atoms. The smallest absolute Gasteiger partial charge is 0.170 e. The Labute approximate surface area is 143 Å². The van der Waals surface area contributed by atoms with Crippen molar-refractivity contribution in [3.05, 3.63) is 35.9 Å². The van der Waals surface area contributed by atoms with E-state index in [1.54, 1.807) is 36.2 Å². The Bertz CT molecular complexity index is 937. The van der Waals surface area contributed by atoms with E-state index in [2.05, 4.69) is 30.7 Å². The average molecular weight is 339 g/mol. The second kappa shape index (κ2) is 6.44. The summed E-state index contributed by atoms with van der Waals surface area (Å²) in [5.41, 5.74) is 1.71. The molecule has 1 aliphatic rings. The molecule has 0 aromatic carbocycles. The molecule has 4 heterocycles. The third-order valence-electron chi connectivity index (χ3n) is 3.91. The van der Waals surface area contributed by atoms with Gasteiger partial charge in [0.25, 0.3) is 0 Å². The molecule has 0 amide bonds. The number of ether oxygens (including phenoxy) is 1. The van der Waals surface area contributed by atoms with Crippen LogP contribution in [0.4, 0.5) is 17.5 Å². The zero-order valence-electron chi connectivity index (χ0n) is 13.7. The van der Waals surface area contributed by atoms with Crippen molar-refractivity contribution < 1.29 is 9.53 Å². The van der Waals surface area contributed by atoms with Crippen molar-refractivity contribution in [1.29, 1.82) is 0 Å². The van der Waals surface area contributed by atoms with Crippen molar-refractivity contribution in [2.45, 2.75) is 19.4 Å². The monoisotopic (exact) mass is 339 g/mol. The summed E-state index contributed by atoms with van der Waals surface area (Å²) in [7, 11) is 1.79. The van der Waals surface area contributed by atoms with Crippen LogP contribution in [0.3, 0.4) is 0 Å². The minimum absolute atomic E-state index is 0.000625. The Balaban J connectivity index is 1.85. The number of nitrogens with one attached hydrogen (secondary N) is 2. The average Bonchev–Trinajstić information content (AvgIpc) is 3.04. The summed E-state index contributed by atoms with van der Waals surface area (Å²) >= 11 is 0. The number of rotatable bonds is 1. The second-order valence-electron chi connectivity index (χ2n) is 5.67. The van der Waals surface area contributed by atoms with Gasteiger partial charge in [-0.1, -0.05) is 0 Å². The van der Waals surface area contributed by atoms with E-state index in [0.717, 1.165) is 0 Å². The maximum atomic E-state index is 12.5. The summed E-state index contributed by atoms with van der Waals surface area (Å²) in [6.07, 6.45) is 5.83. The molecule has 4 rings (SSSR count). The number of carbonyl (C=O) groups is 1. The molecule has 0 unspecified atom stereocenters. The highest BCUT2D eigenvalue weighted by Gasteiger charge is 2.17. The van der Waals surface area contributed by atoms with Gasteiger partial charge in [-0.2, -0.15) is 9.61 Å². The first-order chi connectivity index (χ1) is 12.2. The molecule has 0 aliphatic carbocycles. The molecule has 0 saturated heterocycles. The zero-order valence-corrected chi connectivity index (χ0v) is 13.7. The minimum atomic E-state index is 0.000625. The molecule has 25 heavy (non-hydrogen) atoms. The molecular weight excluding hydrogens is 322 g/mol. The molecule has 0 saturated carbocycles. The predicted molar refractivity (Wildman–Crippen MR) is 91.1 cm³/mol. The van der Waals surface area contributed by atoms with Crippen molar-refractivity contribution >= 4 is 28.9 Å². The zero-order chi connectivity index (χ0) is 17.2. The van der Waals surface area contributed by atoms with Crippen LogP contribution in [0.1, 0.15) is 28.9 Å². The molecule has 9 nitrogen and oxygen atoms in total. The van der Waals surface area contributed by atoms with Gasteiger partial charge in [0, 0.05) is 26.1 Å². The SMILES string of the molecule is CNc1cc2nc3c(cnn13)C(=O)CCCOCc1cncc(n1)N2. The van der Waals surface area contributed by atoms with Gasteiger partial charge in [-0.25, -0.2) is 9.97 Å². The summed E-state index contributed by atoms with van der Waals surface area (Å²) < 4.78 is 7.19. The van der Waals surface area contributed by atoms with E-state index >= 15 is 0 Å². The van der Waals surface area contributed by atoms with E-state index in [9.17, 15) is 4.79 Å². The van der Waals surface area contributed by atoms with Crippen molar-refractivity contribution in [3.8, 4) is 0 Å². The van der Waals surface area contributed by atoms with E-state index in [0.29, 0.717) is 60.4 Å². The normalized spacial score (nSPS) is 15.0. The summed E-state index contributed by atoms with van der Waals surface area (Å²) in [5.74, 6) is 1.83. The molecule has 0 radical (unpaired) electrons. The fourth-order valence-electron chi connectivity index (χ4n) is 2.72. The second-order valence-corrected chi connectivity index (χ2v) is 5.67. The van der Waals surface area contributed by atoms with E-state index < -0.39 is 0 Å². The Morgan fingerprint density at radius 3 is 3.04 bits per heavy atom. The Morgan fingerprint density at radius 2 is 2.16 bits per heavy atom. The first kappa shape index (κ1) is 15.5. The van der Waals surface area contributed by atoms with Gasteiger partial charge in [0.2, 0.25) is 0 Å². The quantitative estimate of drug-likeness (QED) is 0.691. The summed E-state index contributed by atoms with van der Waals surface area (Å²) in [6.45, 7) is 0.828. The van der Waals surface area contributed by atoms with E-state index in [1.165, 1.54) is 0 Å². The van der Waals surface area contributed by atoms with Gasteiger partial charge in [0.1, 0.15) is 17.5 Å². The number of hydrogen-bond acceptors (Lipinski definition) is 8. The molecular formula is C16H17N7O2. The van der Waals surface area contributed by atoms with E-state index in [4.69, 9.17) is 4.74 Å². The number of carbonyl (C=O) groups excluding carboxylic acids is 1. The third kappa shape index (κ3) is 3.01. The summed E-state index contributed by atoms with van der Waals surface area (Å²) in [4.78, 5) is 25.7. The first-order valence-corrected chi connectivity index (χ1v) is 8.00. The number of fused-ring (bicyclic) bond motifs is 3. The summed E-state index contributed by atoms with van der Waals surface area (Å²) in [5, 5.41) is 10.5. The Kier molecular flexibility index (Phi) is 3.98. The van der Waals surface area contributed by atoms with Crippen molar-refractivity contribution in [2.24, 2.45) is 0 Å². The highest BCUT2D eigenvalue weighted by Crippen LogP contribution is 2.22. The standard InChI is InChI=1S/C16H17N7O2/c1-17-15-5-13-21-14-8-18-6-10(20-14)9-25-4-2-3-12(24)11-7-19-23(15)16(11)22-13/h5-8,17H,2-4,9H2,1H3,(H,20,21,22). The fourth-order valence-corrected chi connectivity index (χ4v) is 2.72. The van der Waals surface area contributed by atoms with Crippen LogP contribution in [0, 0.1) is 0 Å². The van der Waals surface area contributed by atoms with Gasteiger partial charge in [-0.15, -0.1) is 0 Å². The van der Waals surface area contributed by atoms with E-state index in [1.807, 2.05) is 0 Å². The maximum absolute atomic E-state index is 12.5. The lowest BCUT2D eigenvalue weighted by molar-refractivity contribution is 0.0915. The summed E-state index contributed by atoms with van der Waals surface area (Å²) in [6, 6.07) is 1.80. The molecule has 3 aromatic rings. The molecule has 9 heteroatoms. The van der Waals surface area contributed by atoms with Crippen LogP contribution in [-0.4, -0.2) is 44.0 Å². The van der Waals surface area contributed by atoms with Gasteiger partial charge >= 0.3 is 0 Å². The Hall–Kier alpha value is -3.07.